The third kappa shape index (κ3) is 4.89. The second kappa shape index (κ2) is 9.68. The Morgan fingerprint density at radius 2 is 1.82 bits per heavy atom. The zero-order chi connectivity index (χ0) is 22.6. The molecule has 2 unspecified atom stereocenters. The van der Waals surface area contributed by atoms with Gasteiger partial charge in [0, 0.05) is 28.3 Å². The van der Waals surface area contributed by atoms with Crippen molar-refractivity contribution < 1.29 is 5.11 Å². The highest BCUT2D eigenvalue weighted by atomic mass is 35.5. The van der Waals surface area contributed by atoms with E-state index in [-0.39, 0.29) is 11.7 Å². The molecule has 0 fully saturated rings. The maximum absolute atomic E-state index is 12.0. The van der Waals surface area contributed by atoms with E-state index in [1.54, 1.807) is 6.07 Å². The van der Waals surface area contributed by atoms with Gasteiger partial charge in [-0.2, -0.15) is 5.10 Å². The lowest BCUT2D eigenvalue weighted by Gasteiger charge is -2.22. The highest BCUT2D eigenvalue weighted by molar-refractivity contribution is 6.30. The molecule has 3 nitrogen and oxygen atoms in total. The molecule has 0 spiro atoms. The molecule has 0 amide bonds. The summed E-state index contributed by atoms with van der Waals surface area (Å²) in [7, 11) is 0. The van der Waals surface area contributed by atoms with Crippen LogP contribution < -0.4 is 0 Å². The van der Waals surface area contributed by atoms with Gasteiger partial charge in [-0.3, -0.25) is 9.79 Å². The van der Waals surface area contributed by atoms with Crippen molar-refractivity contribution in [1.82, 2.24) is 9.78 Å². The molecule has 1 aromatic heterocycles. The topological polar surface area (TPSA) is 37.7 Å². The number of rotatable bonds is 6. The fourth-order valence-electron chi connectivity index (χ4n) is 4.86. The lowest BCUT2D eigenvalue weighted by atomic mass is 9.83. The summed E-state index contributed by atoms with van der Waals surface area (Å²) in [6.07, 6.45) is 11.4. The van der Waals surface area contributed by atoms with Gasteiger partial charge in [0.15, 0.2) is 5.75 Å². The van der Waals surface area contributed by atoms with Crippen molar-refractivity contribution in [2.45, 2.75) is 31.7 Å². The van der Waals surface area contributed by atoms with Gasteiger partial charge in [0.1, 0.15) is 0 Å². The van der Waals surface area contributed by atoms with Crippen molar-refractivity contribution in [1.29, 1.82) is 0 Å². The number of fused-ring (bicyclic) bond motifs is 1. The van der Waals surface area contributed by atoms with Gasteiger partial charge in [-0.05, 0) is 60.1 Å². The first-order valence-electron chi connectivity index (χ1n) is 11.4. The zero-order valence-electron chi connectivity index (χ0n) is 18.4. The Morgan fingerprint density at radius 3 is 2.67 bits per heavy atom. The van der Waals surface area contributed by atoms with Gasteiger partial charge in [0.2, 0.25) is 0 Å². The van der Waals surface area contributed by atoms with E-state index in [0.717, 1.165) is 47.5 Å². The van der Waals surface area contributed by atoms with E-state index in [1.165, 1.54) is 11.1 Å². The zero-order valence-corrected chi connectivity index (χ0v) is 19.2. The molecule has 0 saturated heterocycles. The second-order valence-electron chi connectivity index (χ2n) is 8.72. The molecule has 0 saturated carbocycles. The standard InChI is InChI=1S/C29H26ClN2O/c30-26-12-4-11-24(18-26)29(22-8-2-1-3-9-22)25-19-31-32(20-25)16-6-7-21-14-15-27-23(17-21)10-5-13-28(27)33/h1-13,18-21,29H,14-17H2/b7-6+. The minimum absolute atomic E-state index is 0.0822. The summed E-state index contributed by atoms with van der Waals surface area (Å²) in [5.41, 5.74) is 5.73. The number of allylic oxidation sites excluding steroid dienone is 2. The van der Waals surface area contributed by atoms with Gasteiger partial charge < -0.3 is 0 Å². The third-order valence-electron chi connectivity index (χ3n) is 6.48. The van der Waals surface area contributed by atoms with Gasteiger partial charge in [0.05, 0.1) is 12.7 Å². The fourth-order valence-corrected chi connectivity index (χ4v) is 5.06. The van der Waals surface area contributed by atoms with Crippen molar-refractivity contribution in [3.05, 3.63) is 130 Å². The quantitative estimate of drug-likeness (QED) is 0.284. The highest BCUT2D eigenvalue weighted by Crippen LogP contribution is 2.34. The van der Waals surface area contributed by atoms with Gasteiger partial charge >= 0.3 is 0 Å². The number of halogens is 1. The van der Waals surface area contributed by atoms with Crippen LogP contribution in [0.15, 0.2) is 97.3 Å². The SMILES string of the molecule is [O]c1cccc2c1CCC(/C=C/Cn1cc(C(c3ccccc3)c3cccc(Cl)c3)cn1)C2. The average molecular weight is 454 g/mol. The number of nitrogens with zero attached hydrogens (tertiary/aromatic N) is 2. The predicted molar refractivity (Wildman–Crippen MR) is 132 cm³/mol. The molecule has 1 heterocycles. The summed E-state index contributed by atoms with van der Waals surface area (Å²) < 4.78 is 1.98. The molecule has 4 heteroatoms. The van der Waals surface area contributed by atoms with Crippen LogP contribution in [0.25, 0.3) is 0 Å². The van der Waals surface area contributed by atoms with Crippen LogP contribution >= 0.6 is 11.6 Å². The Bertz CT molecular complexity index is 1260. The van der Waals surface area contributed by atoms with E-state index in [2.05, 4.69) is 59.8 Å². The number of hydrogen-bond donors (Lipinski definition) is 0. The van der Waals surface area contributed by atoms with Crippen molar-refractivity contribution in [2.75, 3.05) is 0 Å². The first-order valence-corrected chi connectivity index (χ1v) is 11.8. The monoisotopic (exact) mass is 453 g/mol. The van der Waals surface area contributed by atoms with Crippen molar-refractivity contribution in [3.63, 3.8) is 0 Å². The van der Waals surface area contributed by atoms with Crippen molar-refractivity contribution in [2.24, 2.45) is 5.92 Å². The van der Waals surface area contributed by atoms with Crippen molar-refractivity contribution >= 4 is 11.6 Å². The molecule has 2 atom stereocenters. The third-order valence-corrected chi connectivity index (χ3v) is 6.71. The minimum Gasteiger partial charge on any atom is -0.290 e. The maximum atomic E-state index is 12.0. The van der Waals surface area contributed by atoms with E-state index in [9.17, 15) is 5.11 Å². The Balaban J connectivity index is 1.31. The Hall–Kier alpha value is -3.30. The van der Waals surface area contributed by atoms with Crippen LogP contribution in [0.4, 0.5) is 0 Å². The van der Waals surface area contributed by atoms with Crippen LogP contribution in [0, 0.1) is 5.92 Å². The van der Waals surface area contributed by atoms with Crippen LogP contribution in [0.1, 0.15) is 40.2 Å². The normalized spacial score (nSPS) is 16.6. The smallest absolute Gasteiger partial charge is 0.182 e. The van der Waals surface area contributed by atoms with E-state index in [4.69, 9.17) is 11.6 Å². The molecule has 3 aromatic carbocycles. The second-order valence-corrected chi connectivity index (χ2v) is 9.16. The maximum Gasteiger partial charge on any atom is 0.182 e. The molecule has 0 bridgehead atoms. The summed E-state index contributed by atoms with van der Waals surface area (Å²) in [5.74, 6) is 0.739. The predicted octanol–water partition coefficient (Wildman–Crippen LogP) is 7.22. The average Bonchev–Trinajstić information content (AvgIpc) is 3.28. The number of hydrogen-bond acceptors (Lipinski definition) is 1. The summed E-state index contributed by atoms with van der Waals surface area (Å²) >= 11 is 6.30. The Labute approximate surface area is 200 Å². The van der Waals surface area contributed by atoms with Crippen LogP contribution in [0.5, 0.6) is 5.75 Å². The highest BCUT2D eigenvalue weighted by Gasteiger charge is 2.20. The van der Waals surface area contributed by atoms with Crippen LogP contribution in [0.2, 0.25) is 5.02 Å². The molecule has 0 N–H and O–H groups in total. The first-order chi connectivity index (χ1) is 16.2. The van der Waals surface area contributed by atoms with E-state index in [0.29, 0.717) is 5.92 Å². The molecule has 1 aliphatic rings. The first kappa shape index (κ1) is 21.5. The molecule has 1 radical (unpaired) electrons. The largest absolute Gasteiger partial charge is 0.290 e. The van der Waals surface area contributed by atoms with Crippen LogP contribution in [0.3, 0.4) is 0 Å². The Kier molecular flexibility index (Phi) is 6.32. The van der Waals surface area contributed by atoms with Crippen molar-refractivity contribution in [3.8, 4) is 5.75 Å². The van der Waals surface area contributed by atoms with E-state index < -0.39 is 0 Å². The van der Waals surface area contributed by atoms with Gasteiger partial charge in [0.25, 0.3) is 0 Å². The molecule has 4 aromatic rings. The van der Waals surface area contributed by atoms with E-state index in [1.807, 2.05) is 41.2 Å². The van der Waals surface area contributed by atoms with Gasteiger partial charge in [-0.15, -0.1) is 0 Å². The molecule has 165 valence electrons. The van der Waals surface area contributed by atoms with E-state index >= 15 is 0 Å². The number of benzene rings is 3. The molecule has 1 aliphatic carbocycles. The summed E-state index contributed by atoms with van der Waals surface area (Å²) in [6, 6.07) is 24.2. The summed E-state index contributed by atoms with van der Waals surface area (Å²) in [4.78, 5) is 0. The van der Waals surface area contributed by atoms with Crippen LogP contribution in [-0.4, -0.2) is 9.78 Å². The fraction of sp³-hybridized carbons (Fsp3) is 0.207. The molecule has 33 heavy (non-hydrogen) atoms. The van der Waals surface area contributed by atoms with Gasteiger partial charge in [-0.25, -0.2) is 0 Å². The van der Waals surface area contributed by atoms with Gasteiger partial charge in [-0.1, -0.05) is 78.4 Å². The molecular formula is C29H26ClN2O. The summed E-state index contributed by atoms with van der Waals surface area (Å²) in [5, 5.41) is 17.4. The van der Waals surface area contributed by atoms with Crippen LogP contribution in [-0.2, 0) is 24.5 Å². The molecule has 5 rings (SSSR count). The molecule has 0 aliphatic heterocycles. The Morgan fingerprint density at radius 1 is 1.00 bits per heavy atom. The molecular weight excluding hydrogens is 428 g/mol. The lowest BCUT2D eigenvalue weighted by Crippen LogP contribution is -2.12. The number of aromatic nitrogens is 2. The minimum atomic E-state index is 0.0822. The lowest BCUT2D eigenvalue weighted by molar-refractivity contribution is 0.345. The summed E-state index contributed by atoms with van der Waals surface area (Å²) in [6.45, 7) is 0.724.